The topological polar surface area (TPSA) is 190 Å². The second kappa shape index (κ2) is 11.7. The maximum Gasteiger partial charge on any atom is 0.255 e. The fourth-order valence-corrected chi connectivity index (χ4v) is 4.48. The molecule has 1 aromatic heterocycles. The minimum absolute atomic E-state index is 0.000286. The zero-order valence-electron chi connectivity index (χ0n) is 19.7. The number of rotatable bonds is 11. The van der Waals surface area contributed by atoms with Crippen LogP contribution < -0.4 is 26.8 Å². The van der Waals surface area contributed by atoms with E-state index in [1.54, 1.807) is 30.3 Å². The summed E-state index contributed by atoms with van der Waals surface area (Å²) in [7, 11) is -3.62. The highest BCUT2D eigenvalue weighted by Crippen LogP contribution is 2.27. The van der Waals surface area contributed by atoms with Crippen LogP contribution in [0.2, 0.25) is 5.02 Å². The monoisotopic (exact) mass is 544 g/mol. The first-order valence-electron chi connectivity index (χ1n) is 10.8. The Morgan fingerprint density at radius 3 is 2.49 bits per heavy atom. The molecule has 2 aromatic carbocycles. The summed E-state index contributed by atoms with van der Waals surface area (Å²) in [6.07, 6.45) is 2.56. The highest BCUT2D eigenvalue weighted by Gasteiger charge is 2.24. The van der Waals surface area contributed by atoms with E-state index in [1.807, 2.05) is 0 Å². The van der Waals surface area contributed by atoms with E-state index in [2.05, 4.69) is 15.6 Å². The third-order valence-corrected chi connectivity index (χ3v) is 6.46. The van der Waals surface area contributed by atoms with Crippen molar-refractivity contribution < 1.29 is 22.7 Å². The standard InChI is InChI=1S/C24H25ClN6O5S/c1-37(34,35)24(19-4-2-3-7-29-19)31-18-9-16(8-17(25)11-18)23(33)30-12-15-6-5-14(22(27)28)10-20(15)36-13-21(26)32/h2-11,24,31H,12-13H2,1H3,(H2,26,32)(H3,27,28)(H,30,33). The molecule has 37 heavy (non-hydrogen) atoms. The van der Waals surface area contributed by atoms with Gasteiger partial charge in [0.1, 0.15) is 11.6 Å². The summed E-state index contributed by atoms with van der Waals surface area (Å²) in [5.74, 6) is -1.17. The Bertz CT molecular complexity index is 1430. The molecule has 0 aliphatic heterocycles. The molecular formula is C24H25ClN6O5S. The van der Waals surface area contributed by atoms with Gasteiger partial charge in [0.05, 0.1) is 5.69 Å². The highest BCUT2D eigenvalue weighted by molar-refractivity contribution is 7.91. The van der Waals surface area contributed by atoms with Gasteiger partial charge in [-0.05, 0) is 36.4 Å². The number of amidine groups is 1. The second-order valence-electron chi connectivity index (χ2n) is 8.01. The Kier molecular flexibility index (Phi) is 8.69. The molecule has 0 saturated heterocycles. The Morgan fingerprint density at radius 1 is 1.11 bits per heavy atom. The van der Waals surface area contributed by atoms with Crippen LogP contribution in [0.25, 0.3) is 0 Å². The first-order chi connectivity index (χ1) is 17.4. The number of anilines is 1. The minimum atomic E-state index is -3.62. The van der Waals surface area contributed by atoms with E-state index in [9.17, 15) is 18.0 Å². The number of nitrogens with two attached hydrogens (primary N) is 2. The molecule has 0 fully saturated rings. The Morgan fingerprint density at radius 2 is 1.86 bits per heavy atom. The fourth-order valence-electron chi connectivity index (χ4n) is 3.32. The first-order valence-corrected chi connectivity index (χ1v) is 13.1. The van der Waals surface area contributed by atoms with E-state index >= 15 is 0 Å². The summed E-state index contributed by atoms with van der Waals surface area (Å²) in [6.45, 7) is -0.399. The molecule has 0 spiro atoms. The number of carbonyl (C=O) groups is 2. The molecule has 2 amide bonds. The van der Waals surface area contributed by atoms with Crippen LogP contribution in [0.15, 0.2) is 60.8 Å². The molecule has 0 aliphatic rings. The largest absolute Gasteiger partial charge is 0.483 e. The molecule has 194 valence electrons. The van der Waals surface area contributed by atoms with Gasteiger partial charge < -0.3 is 26.8 Å². The third-order valence-electron chi connectivity index (χ3n) is 5.03. The number of nitrogens with one attached hydrogen (secondary N) is 3. The summed E-state index contributed by atoms with van der Waals surface area (Å²) >= 11 is 6.22. The lowest BCUT2D eigenvalue weighted by Crippen LogP contribution is -2.25. The maximum absolute atomic E-state index is 12.9. The molecule has 0 aliphatic carbocycles. The van der Waals surface area contributed by atoms with Gasteiger partial charge in [0.15, 0.2) is 21.8 Å². The summed E-state index contributed by atoms with van der Waals surface area (Å²) in [5, 5.41) is 12.2. The number of halogens is 1. The predicted octanol–water partition coefficient (Wildman–Crippen LogP) is 1.97. The number of pyridine rings is 1. The number of amides is 2. The van der Waals surface area contributed by atoms with E-state index < -0.39 is 33.6 Å². The predicted molar refractivity (Wildman–Crippen MR) is 140 cm³/mol. The number of aromatic nitrogens is 1. The number of hydrogen-bond donors (Lipinski definition) is 5. The van der Waals surface area contributed by atoms with Crippen LogP contribution in [0.1, 0.15) is 32.6 Å². The zero-order chi connectivity index (χ0) is 27.2. The van der Waals surface area contributed by atoms with E-state index in [0.717, 1.165) is 6.26 Å². The van der Waals surface area contributed by atoms with Gasteiger partial charge in [0, 0.05) is 46.4 Å². The number of benzene rings is 2. The molecule has 0 saturated carbocycles. The second-order valence-corrected chi connectivity index (χ2v) is 10.6. The Labute approximate surface area is 218 Å². The maximum atomic E-state index is 12.9. The van der Waals surface area contributed by atoms with E-state index in [4.69, 9.17) is 33.2 Å². The van der Waals surface area contributed by atoms with Crippen molar-refractivity contribution >= 4 is 44.8 Å². The van der Waals surface area contributed by atoms with Gasteiger partial charge in [-0.1, -0.05) is 29.8 Å². The minimum Gasteiger partial charge on any atom is -0.483 e. The Hall–Kier alpha value is -4.16. The van der Waals surface area contributed by atoms with Gasteiger partial charge >= 0.3 is 0 Å². The molecule has 1 atom stereocenters. The number of carbonyl (C=O) groups excluding carboxylic acids is 2. The molecule has 3 aromatic rings. The summed E-state index contributed by atoms with van der Waals surface area (Å²) in [6, 6.07) is 13.9. The van der Waals surface area contributed by atoms with Crippen molar-refractivity contribution in [3.8, 4) is 5.75 Å². The molecular weight excluding hydrogens is 520 g/mol. The van der Waals surface area contributed by atoms with Crippen molar-refractivity contribution in [2.75, 3.05) is 18.2 Å². The van der Waals surface area contributed by atoms with Gasteiger partial charge in [-0.3, -0.25) is 20.0 Å². The van der Waals surface area contributed by atoms with Crippen LogP contribution in [0.3, 0.4) is 0 Å². The van der Waals surface area contributed by atoms with Gasteiger partial charge in [-0.15, -0.1) is 0 Å². The van der Waals surface area contributed by atoms with Crippen LogP contribution in [-0.2, 0) is 21.2 Å². The number of sulfone groups is 1. The summed E-state index contributed by atoms with van der Waals surface area (Å²) in [4.78, 5) is 28.2. The van der Waals surface area contributed by atoms with Crippen LogP contribution in [0.4, 0.5) is 5.69 Å². The van der Waals surface area contributed by atoms with Crippen molar-refractivity contribution in [1.82, 2.24) is 10.3 Å². The molecule has 1 heterocycles. The number of primary amides is 1. The lowest BCUT2D eigenvalue weighted by atomic mass is 10.1. The van der Waals surface area contributed by atoms with Crippen molar-refractivity contribution in [1.29, 1.82) is 5.41 Å². The molecule has 7 N–H and O–H groups in total. The number of ether oxygens (including phenoxy) is 1. The lowest BCUT2D eigenvalue weighted by Gasteiger charge is -2.18. The van der Waals surface area contributed by atoms with Crippen LogP contribution >= 0.6 is 11.6 Å². The van der Waals surface area contributed by atoms with Crippen LogP contribution in [0.5, 0.6) is 5.75 Å². The van der Waals surface area contributed by atoms with E-state index in [1.165, 1.54) is 30.5 Å². The van der Waals surface area contributed by atoms with E-state index in [-0.39, 0.29) is 34.4 Å². The number of nitrogen functional groups attached to an aromatic ring is 1. The lowest BCUT2D eigenvalue weighted by molar-refractivity contribution is -0.119. The highest BCUT2D eigenvalue weighted by atomic mass is 35.5. The average molecular weight is 545 g/mol. The van der Waals surface area contributed by atoms with Crippen LogP contribution in [-0.4, -0.2) is 43.9 Å². The molecule has 11 nitrogen and oxygen atoms in total. The first kappa shape index (κ1) is 27.4. The van der Waals surface area contributed by atoms with E-state index in [0.29, 0.717) is 16.8 Å². The molecule has 1 unspecified atom stereocenters. The molecule has 13 heteroatoms. The quantitative estimate of drug-likeness (QED) is 0.179. The van der Waals surface area contributed by atoms with Crippen molar-refractivity contribution in [3.63, 3.8) is 0 Å². The summed E-state index contributed by atoms with van der Waals surface area (Å²) in [5.41, 5.74) is 12.3. The van der Waals surface area contributed by atoms with Gasteiger partial charge in [0.25, 0.3) is 11.8 Å². The number of hydrogen-bond acceptors (Lipinski definition) is 8. The SMILES string of the molecule is CS(=O)(=O)C(Nc1cc(Cl)cc(C(=O)NCc2ccc(C(=N)N)cc2OCC(N)=O)c1)c1ccccn1. The Balaban J connectivity index is 1.81. The third kappa shape index (κ3) is 7.66. The normalized spacial score (nSPS) is 11.8. The fraction of sp³-hybridized carbons (Fsp3) is 0.167. The zero-order valence-corrected chi connectivity index (χ0v) is 21.3. The van der Waals surface area contributed by atoms with Gasteiger partial charge in [-0.25, -0.2) is 8.42 Å². The smallest absolute Gasteiger partial charge is 0.255 e. The number of nitrogens with zero attached hydrogens (tertiary/aromatic N) is 1. The average Bonchev–Trinajstić information content (AvgIpc) is 2.84. The van der Waals surface area contributed by atoms with Crippen LogP contribution in [0, 0.1) is 5.41 Å². The van der Waals surface area contributed by atoms with Crippen molar-refractivity contribution in [3.05, 3.63) is 88.2 Å². The summed E-state index contributed by atoms with van der Waals surface area (Å²) < 4.78 is 30.2. The molecule has 0 radical (unpaired) electrons. The molecule has 3 rings (SSSR count). The van der Waals surface area contributed by atoms with Gasteiger partial charge in [-0.2, -0.15) is 0 Å². The van der Waals surface area contributed by atoms with Crippen molar-refractivity contribution in [2.45, 2.75) is 11.9 Å². The van der Waals surface area contributed by atoms with Gasteiger partial charge in [0.2, 0.25) is 0 Å². The van der Waals surface area contributed by atoms with Crippen molar-refractivity contribution in [2.24, 2.45) is 11.5 Å². The molecule has 0 bridgehead atoms.